The molecule has 0 N–H and O–H groups in total. The van der Waals surface area contributed by atoms with Crippen molar-refractivity contribution in [1.82, 2.24) is 0 Å². The zero-order valence-corrected chi connectivity index (χ0v) is 13.1. The molecule has 0 radical (unpaired) electrons. The van der Waals surface area contributed by atoms with E-state index in [1.807, 2.05) is 24.3 Å². The van der Waals surface area contributed by atoms with Gasteiger partial charge in [-0.3, -0.25) is 0 Å². The molecule has 0 bridgehead atoms. The number of halogens is 1. The van der Waals surface area contributed by atoms with Crippen molar-refractivity contribution in [2.24, 2.45) is 0 Å². The van der Waals surface area contributed by atoms with Crippen LogP contribution in [0.25, 0.3) is 0 Å². The largest absolute Gasteiger partial charge is 0.131 e. The average Bonchev–Trinajstić information content (AvgIpc) is 2.39. The van der Waals surface area contributed by atoms with E-state index in [9.17, 15) is 0 Å². The number of thiol groups is 1. The second kappa shape index (κ2) is 6.56. The van der Waals surface area contributed by atoms with Crippen molar-refractivity contribution < 1.29 is 0 Å². The first-order valence-corrected chi connectivity index (χ1v) is 7.38. The number of benzene rings is 2. The lowest BCUT2D eigenvalue weighted by Crippen LogP contribution is -2.04. The molecule has 0 spiro atoms. The summed E-state index contributed by atoms with van der Waals surface area (Å²) in [6, 6.07) is 16.2. The molecule has 0 fully saturated rings. The number of hydrogen-bond donors (Lipinski definition) is 1. The Bertz CT molecular complexity index is 579. The van der Waals surface area contributed by atoms with Crippen LogP contribution in [-0.2, 0) is 6.42 Å². The van der Waals surface area contributed by atoms with Crippen LogP contribution in [0.4, 0.5) is 0 Å². The van der Waals surface area contributed by atoms with Gasteiger partial charge < -0.3 is 0 Å². The summed E-state index contributed by atoms with van der Waals surface area (Å²) in [5.41, 5.74) is 3.48. The lowest BCUT2D eigenvalue weighted by atomic mass is 9.91. The van der Waals surface area contributed by atoms with Gasteiger partial charge in [0.15, 0.2) is 0 Å². The van der Waals surface area contributed by atoms with Crippen LogP contribution in [0.2, 0.25) is 5.02 Å². The molecule has 0 saturated carbocycles. The minimum absolute atomic E-state index is 0.348. The molecule has 2 aromatic rings. The molecule has 19 heavy (non-hydrogen) atoms. The molecule has 0 amide bonds. The van der Waals surface area contributed by atoms with E-state index in [1.165, 1.54) is 5.56 Å². The van der Waals surface area contributed by atoms with E-state index in [0.717, 1.165) is 22.6 Å². The maximum atomic E-state index is 6.10. The summed E-state index contributed by atoms with van der Waals surface area (Å²) in [7, 11) is 0. The zero-order chi connectivity index (χ0) is 13.8. The quantitative estimate of drug-likeness (QED) is 0.591. The van der Waals surface area contributed by atoms with Crippen molar-refractivity contribution >= 4 is 40.6 Å². The molecule has 0 heterocycles. The summed E-state index contributed by atoms with van der Waals surface area (Å²) in [4.78, 5) is 0. The fourth-order valence-electron chi connectivity index (χ4n) is 2.21. The molecule has 0 aromatic heterocycles. The van der Waals surface area contributed by atoms with Crippen LogP contribution in [0, 0.1) is 0 Å². The third-order valence-corrected chi connectivity index (χ3v) is 3.86. The van der Waals surface area contributed by atoms with E-state index >= 15 is 0 Å². The molecular weight excluding hydrogens is 292 g/mol. The first kappa shape index (κ1) is 14.6. The zero-order valence-electron chi connectivity index (χ0n) is 10.6. The Labute approximate surface area is 130 Å². The molecule has 0 aliphatic rings. The van der Waals surface area contributed by atoms with Gasteiger partial charge in [-0.1, -0.05) is 67.1 Å². The highest BCUT2D eigenvalue weighted by molar-refractivity contribution is 8.11. The highest BCUT2D eigenvalue weighted by Crippen LogP contribution is 2.28. The van der Waals surface area contributed by atoms with E-state index in [4.69, 9.17) is 23.8 Å². The highest BCUT2D eigenvalue weighted by atomic mass is 35.5. The van der Waals surface area contributed by atoms with Crippen LogP contribution >= 0.6 is 36.4 Å². The summed E-state index contributed by atoms with van der Waals surface area (Å²) in [5, 5.41) is 0.739. The highest BCUT2D eigenvalue weighted by Gasteiger charge is 2.13. The molecule has 1 atom stereocenters. The van der Waals surface area contributed by atoms with Crippen molar-refractivity contribution in [3.8, 4) is 0 Å². The molecular formula is C16H15ClS2. The average molecular weight is 307 g/mol. The Morgan fingerprint density at radius 1 is 1.21 bits per heavy atom. The van der Waals surface area contributed by atoms with Crippen molar-refractivity contribution in [3.05, 3.63) is 70.2 Å². The lowest BCUT2D eigenvalue weighted by molar-refractivity contribution is 0.758. The van der Waals surface area contributed by atoms with Gasteiger partial charge in [0.05, 0.1) is 4.20 Å². The summed E-state index contributed by atoms with van der Waals surface area (Å²) in [5.74, 6) is 0.348. The Hall–Kier alpha value is -0.830. The molecule has 0 nitrogen and oxygen atoms in total. The summed E-state index contributed by atoms with van der Waals surface area (Å²) in [6.45, 7) is 2.19. The Balaban J connectivity index is 2.30. The second-order valence-electron chi connectivity index (χ2n) is 4.63. The molecule has 2 aromatic carbocycles. The first-order valence-electron chi connectivity index (χ1n) is 6.14. The molecule has 3 heteroatoms. The maximum Gasteiger partial charge on any atom is 0.0750 e. The van der Waals surface area contributed by atoms with E-state index in [1.54, 1.807) is 0 Å². The van der Waals surface area contributed by atoms with Crippen molar-refractivity contribution in [2.75, 3.05) is 0 Å². The van der Waals surface area contributed by atoms with Gasteiger partial charge >= 0.3 is 0 Å². The first-order chi connectivity index (χ1) is 9.08. The van der Waals surface area contributed by atoms with Crippen LogP contribution in [0.15, 0.2) is 48.5 Å². The monoisotopic (exact) mass is 306 g/mol. The molecule has 0 aliphatic carbocycles. The summed E-state index contributed by atoms with van der Waals surface area (Å²) in [6.07, 6.45) is 0.963. The molecule has 2 rings (SSSR count). The predicted octanol–water partition coefficient (Wildman–Crippen LogP) is 5.29. The minimum atomic E-state index is 0.348. The van der Waals surface area contributed by atoms with Gasteiger partial charge in [-0.2, -0.15) is 0 Å². The third kappa shape index (κ3) is 3.82. The number of rotatable bonds is 4. The van der Waals surface area contributed by atoms with Crippen LogP contribution in [0.5, 0.6) is 0 Å². The smallest absolute Gasteiger partial charge is 0.0750 e. The Kier molecular flexibility index (Phi) is 5.03. The third-order valence-electron chi connectivity index (χ3n) is 3.16. The van der Waals surface area contributed by atoms with E-state index < -0.39 is 0 Å². The fraction of sp³-hybridized carbons (Fsp3) is 0.188. The van der Waals surface area contributed by atoms with Gasteiger partial charge in [-0.15, -0.1) is 12.6 Å². The molecule has 98 valence electrons. The number of hydrogen-bond acceptors (Lipinski definition) is 1. The predicted molar refractivity (Wildman–Crippen MR) is 90.7 cm³/mol. The van der Waals surface area contributed by atoms with Gasteiger partial charge in [0.1, 0.15) is 0 Å². The number of thiocarbonyl (C=S) groups is 1. The topological polar surface area (TPSA) is 0 Å². The van der Waals surface area contributed by atoms with E-state index in [2.05, 4.69) is 43.8 Å². The lowest BCUT2D eigenvalue weighted by Gasteiger charge is -2.16. The van der Waals surface area contributed by atoms with Crippen molar-refractivity contribution in [3.63, 3.8) is 0 Å². The Morgan fingerprint density at radius 3 is 2.53 bits per heavy atom. The summed E-state index contributed by atoms with van der Waals surface area (Å²) < 4.78 is 0.617. The van der Waals surface area contributed by atoms with Gasteiger partial charge in [0.25, 0.3) is 0 Å². The van der Waals surface area contributed by atoms with Crippen LogP contribution in [0.3, 0.4) is 0 Å². The molecule has 1 unspecified atom stereocenters. The van der Waals surface area contributed by atoms with Gasteiger partial charge in [-0.25, -0.2) is 0 Å². The van der Waals surface area contributed by atoms with E-state index in [0.29, 0.717) is 10.1 Å². The minimum Gasteiger partial charge on any atom is -0.131 e. The van der Waals surface area contributed by atoms with Crippen molar-refractivity contribution in [1.29, 1.82) is 0 Å². The van der Waals surface area contributed by atoms with Gasteiger partial charge in [0.2, 0.25) is 0 Å². The van der Waals surface area contributed by atoms with Crippen molar-refractivity contribution in [2.45, 2.75) is 19.3 Å². The fourth-order valence-corrected chi connectivity index (χ4v) is 2.78. The normalized spacial score (nSPS) is 12.2. The van der Waals surface area contributed by atoms with Crippen LogP contribution < -0.4 is 0 Å². The summed E-state index contributed by atoms with van der Waals surface area (Å²) >= 11 is 15.6. The maximum absolute atomic E-state index is 6.10. The van der Waals surface area contributed by atoms with Crippen LogP contribution in [-0.4, -0.2) is 4.20 Å². The van der Waals surface area contributed by atoms with Gasteiger partial charge in [-0.05, 0) is 35.6 Å². The SMILES string of the molecule is CC(Cc1ccccc1)c1cc(Cl)ccc1C(=S)S. The van der Waals surface area contributed by atoms with E-state index in [-0.39, 0.29) is 0 Å². The standard InChI is InChI=1S/C16H15ClS2/c1-11(9-12-5-3-2-4-6-12)15-10-13(17)7-8-14(15)16(18)19/h2-8,10-11H,9H2,1H3,(H,18,19). The second-order valence-corrected chi connectivity index (χ2v) is 6.22. The van der Waals surface area contributed by atoms with Crippen LogP contribution in [0.1, 0.15) is 29.5 Å². The van der Waals surface area contributed by atoms with Gasteiger partial charge in [0, 0.05) is 10.6 Å². The molecule has 0 aliphatic heterocycles. The Morgan fingerprint density at radius 2 is 1.89 bits per heavy atom. The molecule has 0 saturated heterocycles.